The number of nitrogens with zero attached hydrogens (tertiary/aromatic N) is 2. The van der Waals surface area contributed by atoms with Crippen molar-refractivity contribution >= 4 is 0 Å². The van der Waals surface area contributed by atoms with Crippen molar-refractivity contribution in [2.75, 3.05) is 21.2 Å². The number of piperidine rings is 1. The molecule has 0 aromatic carbocycles. The quantitative estimate of drug-likeness (QED) is 0.712. The largest absolute Gasteiger partial charge is 0.482 e. The van der Waals surface area contributed by atoms with Gasteiger partial charge in [0, 0.05) is 25.8 Å². The van der Waals surface area contributed by atoms with Gasteiger partial charge in [0.25, 0.3) is 0 Å². The molecule has 2 atom stereocenters. The smallest absolute Gasteiger partial charge is 0.189 e. The monoisotopic (exact) mass is 222 g/mol. The third-order valence-corrected chi connectivity index (χ3v) is 3.96. The molecule has 0 aromatic rings. The molecule has 2 unspecified atom stereocenters. The third-order valence-electron chi connectivity index (χ3n) is 3.96. The normalized spacial score (nSPS) is 29.5. The second-order valence-electron chi connectivity index (χ2n) is 4.68. The van der Waals surface area contributed by atoms with Crippen molar-refractivity contribution in [1.82, 2.24) is 9.80 Å². The minimum atomic E-state index is 0.493. The summed E-state index contributed by atoms with van der Waals surface area (Å²) < 4.78 is 5.36. The average Bonchev–Trinajstić information content (AvgIpc) is 2.31. The molecule has 0 radical (unpaired) electrons. The maximum Gasteiger partial charge on any atom is 0.189 e. The molecule has 2 aliphatic rings. The van der Waals surface area contributed by atoms with Gasteiger partial charge in [-0.3, -0.25) is 0 Å². The van der Waals surface area contributed by atoms with Crippen molar-refractivity contribution in [3.05, 3.63) is 23.7 Å². The molecule has 0 aliphatic carbocycles. The number of allylic oxidation sites excluding steroid dienone is 2. The summed E-state index contributed by atoms with van der Waals surface area (Å²) >= 11 is 0. The molecule has 1 fully saturated rings. The Bertz CT molecular complexity index is 322. The molecular formula is C13H22N2O. The molecular weight excluding hydrogens is 200 g/mol. The van der Waals surface area contributed by atoms with Crippen LogP contribution in [0.3, 0.4) is 0 Å². The summed E-state index contributed by atoms with van der Waals surface area (Å²) in [4.78, 5) is 4.69. The van der Waals surface area contributed by atoms with Gasteiger partial charge in [0.05, 0.1) is 13.2 Å². The van der Waals surface area contributed by atoms with E-state index in [1.165, 1.54) is 25.0 Å². The standard InChI is InChI=1S/C13H22N2O/c1-5-10-6-7-12-11(14(10)2)8-9-13(16-4)15(12)3/h8-10,12H,5-7H2,1-4H3. The van der Waals surface area contributed by atoms with Crippen LogP contribution in [0.4, 0.5) is 0 Å². The number of methoxy groups -OCH3 is 1. The Morgan fingerprint density at radius 1 is 1.25 bits per heavy atom. The van der Waals surface area contributed by atoms with Crippen LogP contribution in [0.2, 0.25) is 0 Å². The molecule has 90 valence electrons. The summed E-state index contributed by atoms with van der Waals surface area (Å²) in [5, 5.41) is 0. The molecule has 0 spiro atoms. The molecule has 0 N–H and O–H groups in total. The summed E-state index contributed by atoms with van der Waals surface area (Å²) in [6.07, 6.45) is 8.01. The fourth-order valence-electron chi connectivity index (χ4n) is 2.88. The Morgan fingerprint density at radius 2 is 2.00 bits per heavy atom. The highest BCUT2D eigenvalue weighted by molar-refractivity contribution is 5.26. The van der Waals surface area contributed by atoms with Gasteiger partial charge in [-0.05, 0) is 31.4 Å². The van der Waals surface area contributed by atoms with E-state index in [0.29, 0.717) is 12.1 Å². The van der Waals surface area contributed by atoms with Gasteiger partial charge in [0.2, 0.25) is 0 Å². The van der Waals surface area contributed by atoms with Gasteiger partial charge in [-0.25, -0.2) is 0 Å². The second kappa shape index (κ2) is 4.40. The van der Waals surface area contributed by atoms with E-state index in [1.54, 1.807) is 7.11 Å². The van der Waals surface area contributed by atoms with Gasteiger partial charge >= 0.3 is 0 Å². The number of likely N-dealkylation sites (tertiary alicyclic amines) is 1. The van der Waals surface area contributed by atoms with E-state index in [9.17, 15) is 0 Å². The molecule has 2 rings (SSSR count). The van der Waals surface area contributed by atoms with E-state index in [2.05, 4.69) is 43.0 Å². The highest BCUT2D eigenvalue weighted by atomic mass is 16.5. The Balaban J connectivity index is 2.24. The minimum absolute atomic E-state index is 0.493. The maximum absolute atomic E-state index is 5.36. The lowest BCUT2D eigenvalue weighted by Crippen LogP contribution is -2.48. The van der Waals surface area contributed by atoms with Crippen LogP contribution in [-0.2, 0) is 4.74 Å². The Morgan fingerprint density at radius 3 is 2.62 bits per heavy atom. The van der Waals surface area contributed by atoms with E-state index < -0.39 is 0 Å². The van der Waals surface area contributed by atoms with Crippen molar-refractivity contribution in [3.63, 3.8) is 0 Å². The lowest BCUT2D eigenvalue weighted by atomic mass is 9.91. The molecule has 0 bridgehead atoms. The van der Waals surface area contributed by atoms with Crippen molar-refractivity contribution < 1.29 is 4.74 Å². The van der Waals surface area contributed by atoms with Gasteiger partial charge in [0.1, 0.15) is 0 Å². The van der Waals surface area contributed by atoms with Gasteiger partial charge in [-0.2, -0.15) is 0 Å². The fraction of sp³-hybridized carbons (Fsp3) is 0.692. The summed E-state index contributed by atoms with van der Waals surface area (Å²) in [6.45, 7) is 2.27. The molecule has 0 amide bonds. The van der Waals surface area contributed by atoms with Crippen molar-refractivity contribution in [2.45, 2.75) is 38.3 Å². The zero-order chi connectivity index (χ0) is 11.7. The minimum Gasteiger partial charge on any atom is -0.482 e. The van der Waals surface area contributed by atoms with Crippen molar-refractivity contribution in [2.24, 2.45) is 0 Å². The van der Waals surface area contributed by atoms with E-state index >= 15 is 0 Å². The van der Waals surface area contributed by atoms with Crippen molar-refractivity contribution in [3.8, 4) is 0 Å². The van der Waals surface area contributed by atoms with Crippen molar-refractivity contribution in [1.29, 1.82) is 0 Å². The zero-order valence-electron chi connectivity index (χ0n) is 10.7. The van der Waals surface area contributed by atoms with Gasteiger partial charge in [-0.15, -0.1) is 0 Å². The SMILES string of the molecule is CCC1CCC2C(=CC=C(OC)N2C)N1C. The van der Waals surface area contributed by atoms with Gasteiger partial charge in [-0.1, -0.05) is 6.92 Å². The van der Waals surface area contributed by atoms with E-state index in [1.807, 2.05) is 0 Å². The van der Waals surface area contributed by atoms with Crippen LogP contribution >= 0.6 is 0 Å². The zero-order valence-corrected chi connectivity index (χ0v) is 10.7. The first kappa shape index (κ1) is 11.4. The average molecular weight is 222 g/mol. The Labute approximate surface area is 98.4 Å². The Kier molecular flexibility index (Phi) is 3.13. The van der Waals surface area contributed by atoms with E-state index in [0.717, 1.165) is 5.88 Å². The summed E-state index contributed by atoms with van der Waals surface area (Å²) in [6, 6.07) is 1.20. The van der Waals surface area contributed by atoms with Crippen LogP contribution in [0.5, 0.6) is 0 Å². The number of hydrogen-bond donors (Lipinski definition) is 0. The van der Waals surface area contributed by atoms with Gasteiger partial charge < -0.3 is 14.5 Å². The second-order valence-corrected chi connectivity index (χ2v) is 4.68. The maximum atomic E-state index is 5.36. The molecule has 1 saturated heterocycles. The number of ether oxygens (including phenoxy) is 1. The molecule has 3 nitrogen and oxygen atoms in total. The molecule has 0 aromatic heterocycles. The first-order valence-electron chi connectivity index (χ1n) is 6.10. The van der Waals surface area contributed by atoms with Crippen LogP contribution in [0.15, 0.2) is 23.7 Å². The third kappa shape index (κ3) is 1.68. The fourth-order valence-corrected chi connectivity index (χ4v) is 2.88. The summed E-state index contributed by atoms with van der Waals surface area (Å²) in [5.41, 5.74) is 1.43. The first-order chi connectivity index (χ1) is 7.69. The molecule has 16 heavy (non-hydrogen) atoms. The molecule has 3 heteroatoms. The number of likely N-dealkylation sites (N-methyl/N-ethyl adjacent to an activating group) is 2. The predicted octanol–water partition coefficient (Wildman–Crippen LogP) is 2.18. The molecule has 2 heterocycles. The predicted molar refractivity (Wildman–Crippen MR) is 65.8 cm³/mol. The van der Waals surface area contributed by atoms with E-state index in [4.69, 9.17) is 4.74 Å². The Hall–Kier alpha value is -1.12. The van der Waals surface area contributed by atoms with Crippen LogP contribution in [-0.4, -0.2) is 43.1 Å². The van der Waals surface area contributed by atoms with Crippen LogP contribution in [0.1, 0.15) is 26.2 Å². The van der Waals surface area contributed by atoms with Gasteiger partial charge in [0.15, 0.2) is 5.88 Å². The van der Waals surface area contributed by atoms with Crippen LogP contribution < -0.4 is 0 Å². The highest BCUT2D eigenvalue weighted by Crippen LogP contribution is 2.33. The first-order valence-corrected chi connectivity index (χ1v) is 6.10. The number of fused-ring (bicyclic) bond motifs is 1. The highest BCUT2D eigenvalue weighted by Gasteiger charge is 2.33. The summed E-state index contributed by atoms with van der Waals surface area (Å²) in [5.74, 6) is 0.970. The lowest BCUT2D eigenvalue weighted by Gasteiger charge is -2.46. The topological polar surface area (TPSA) is 15.7 Å². The van der Waals surface area contributed by atoms with E-state index in [-0.39, 0.29) is 0 Å². The van der Waals surface area contributed by atoms with Crippen LogP contribution in [0, 0.1) is 0 Å². The number of rotatable bonds is 2. The number of hydrogen-bond acceptors (Lipinski definition) is 3. The molecule has 2 aliphatic heterocycles. The van der Waals surface area contributed by atoms with Crippen LogP contribution in [0.25, 0.3) is 0 Å². The molecule has 0 saturated carbocycles. The summed E-state index contributed by atoms with van der Waals surface area (Å²) in [7, 11) is 6.07. The lowest BCUT2D eigenvalue weighted by molar-refractivity contribution is 0.0967.